The molecule has 0 bridgehead atoms. The standard InChI is InChI=1S/C3H7Br.H3O3P/c1-2-3-4;1-4(2)3/h2-3H2,1H3;4H,(H2,1,2,3). The molecule has 0 saturated carbocycles. The van der Waals surface area contributed by atoms with E-state index in [0.29, 0.717) is 0 Å². The molecule has 0 amide bonds. The van der Waals surface area contributed by atoms with Crippen molar-refractivity contribution in [2.24, 2.45) is 0 Å². The molecule has 0 aliphatic rings. The molecule has 0 spiro atoms. The van der Waals surface area contributed by atoms with Crippen LogP contribution in [0, 0.1) is 0 Å². The van der Waals surface area contributed by atoms with Gasteiger partial charge in [0.25, 0.3) is 0 Å². The van der Waals surface area contributed by atoms with Gasteiger partial charge in [0.15, 0.2) is 0 Å². The van der Waals surface area contributed by atoms with Gasteiger partial charge < -0.3 is 9.79 Å². The van der Waals surface area contributed by atoms with Crippen molar-refractivity contribution in [1.82, 2.24) is 0 Å². The first-order valence-corrected chi connectivity index (χ1v) is 4.55. The van der Waals surface area contributed by atoms with Gasteiger partial charge in [-0.15, -0.1) is 0 Å². The molecule has 5 heteroatoms. The summed E-state index contributed by atoms with van der Waals surface area (Å²) in [6.07, 6.45) is 1.24. The van der Waals surface area contributed by atoms with E-state index >= 15 is 0 Å². The number of alkyl halides is 1. The Morgan fingerprint density at radius 3 is 1.75 bits per heavy atom. The van der Waals surface area contributed by atoms with Crippen molar-refractivity contribution in [1.29, 1.82) is 0 Å². The van der Waals surface area contributed by atoms with Crippen molar-refractivity contribution in [2.45, 2.75) is 13.3 Å². The Balaban J connectivity index is 0. The monoisotopic (exact) mass is 204 g/mol. The summed E-state index contributed by atoms with van der Waals surface area (Å²) in [5.41, 5.74) is 0. The molecule has 0 heterocycles. The van der Waals surface area contributed by atoms with Gasteiger partial charge in [0, 0.05) is 5.33 Å². The van der Waals surface area contributed by atoms with Crippen LogP contribution in [-0.4, -0.2) is 15.1 Å². The van der Waals surface area contributed by atoms with Crippen LogP contribution in [0.4, 0.5) is 0 Å². The molecule has 0 saturated heterocycles. The van der Waals surface area contributed by atoms with Crippen LogP contribution in [0.5, 0.6) is 0 Å². The molecule has 0 fully saturated rings. The smallest absolute Gasteiger partial charge is 0.314 e. The molecule has 0 unspecified atom stereocenters. The Morgan fingerprint density at radius 2 is 1.75 bits per heavy atom. The van der Waals surface area contributed by atoms with Gasteiger partial charge in [-0.25, -0.2) is 0 Å². The van der Waals surface area contributed by atoms with Gasteiger partial charge in [-0.2, -0.15) is 0 Å². The van der Waals surface area contributed by atoms with E-state index in [1.54, 1.807) is 0 Å². The fourth-order valence-corrected chi connectivity index (χ4v) is 0. The van der Waals surface area contributed by atoms with Crippen LogP contribution >= 0.6 is 24.2 Å². The minimum Gasteiger partial charge on any atom is -0.326 e. The average molecular weight is 205 g/mol. The van der Waals surface area contributed by atoms with Crippen LogP contribution in [0.3, 0.4) is 0 Å². The fraction of sp³-hybridized carbons (Fsp3) is 1.00. The molecule has 0 aromatic carbocycles. The zero-order valence-electron chi connectivity index (χ0n) is 4.59. The topological polar surface area (TPSA) is 57.5 Å². The van der Waals surface area contributed by atoms with E-state index in [2.05, 4.69) is 22.9 Å². The van der Waals surface area contributed by atoms with E-state index < -0.39 is 8.25 Å². The van der Waals surface area contributed by atoms with Crippen molar-refractivity contribution < 1.29 is 14.4 Å². The van der Waals surface area contributed by atoms with Gasteiger partial charge in [-0.05, 0) is 6.42 Å². The molecule has 0 atom stereocenters. The number of hydrogen-bond acceptors (Lipinski definition) is 1. The highest BCUT2D eigenvalue weighted by molar-refractivity contribution is 9.09. The molecule has 0 aliphatic carbocycles. The second-order valence-corrected chi connectivity index (χ2v) is 2.33. The maximum absolute atomic E-state index is 8.74. The van der Waals surface area contributed by atoms with E-state index in [-0.39, 0.29) is 0 Å². The zero-order valence-corrected chi connectivity index (χ0v) is 7.18. The molecule has 52 valence electrons. The summed E-state index contributed by atoms with van der Waals surface area (Å²) < 4.78 is 8.74. The Hall–Kier alpha value is 0.630. The summed E-state index contributed by atoms with van der Waals surface area (Å²) in [6, 6.07) is 0. The lowest BCUT2D eigenvalue weighted by molar-refractivity contribution is 0.405. The van der Waals surface area contributed by atoms with Crippen molar-refractivity contribution in [3.63, 3.8) is 0 Å². The van der Waals surface area contributed by atoms with Crippen molar-refractivity contribution in [3.8, 4) is 0 Å². The first-order chi connectivity index (χ1) is 3.65. The van der Waals surface area contributed by atoms with Gasteiger partial charge in [0.2, 0.25) is 0 Å². The second-order valence-electron chi connectivity index (χ2n) is 0.972. The minimum atomic E-state index is -3.13. The highest BCUT2D eigenvalue weighted by Gasteiger charge is 1.61. The molecular formula is C3H10BrO3P. The zero-order chi connectivity index (χ0) is 6.99. The van der Waals surface area contributed by atoms with Crippen molar-refractivity contribution in [3.05, 3.63) is 0 Å². The van der Waals surface area contributed by atoms with E-state index in [1.807, 2.05) is 0 Å². The normalized spacial score (nSPS) is 8.12. The summed E-state index contributed by atoms with van der Waals surface area (Å²) in [7, 11) is -3.13. The number of hydrogen-bond donors (Lipinski definition) is 2. The summed E-state index contributed by atoms with van der Waals surface area (Å²) in [5.74, 6) is 0. The van der Waals surface area contributed by atoms with Crippen LogP contribution in [0.2, 0.25) is 0 Å². The summed E-state index contributed by atoms with van der Waals surface area (Å²) in [6.45, 7) is 2.13. The number of rotatable bonds is 1. The van der Waals surface area contributed by atoms with E-state index in [1.165, 1.54) is 6.42 Å². The molecule has 0 aliphatic heterocycles. The second kappa shape index (κ2) is 10.6. The van der Waals surface area contributed by atoms with Crippen LogP contribution in [0.25, 0.3) is 0 Å². The van der Waals surface area contributed by atoms with Crippen molar-refractivity contribution in [2.75, 3.05) is 5.33 Å². The highest BCUT2D eigenvalue weighted by atomic mass is 79.9. The van der Waals surface area contributed by atoms with E-state index in [4.69, 9.17) is 14.4 Å². The van der Waals surface area contributed by atoms with Crippen LogP contribution < -0.4 is 0 Å². The predicted octanol–water partition coefficient (Wildman–Crippen LogP) is 1.15. The van der Waals surface area contributed by atoms with Crippen LogP contribution in [-0.2, 0) is 4.57 Å². The summed E-state index contributed by atoms with van der Waals surface area (Å²) >= 11 is 3.25. The van der Waals surface area contributed by atoms with Gasteiger partial charge in [-0.3, -0.25) is 4.57 Å². The third kappa shape index (κ3) is 79.1. The first-order valence-electron chi connectivity index (χ1n) is 2.13. The third-order valence-corrected chi connectivity index (χ3v) is 0.982. The maximum Gasteiger partial charge on any atom is 0.314 e. The molecule has 8 heavy (non-hydrogen) atoms. The molecule has 3 nitrogen and oxygen atoms in total. The fourth-order valence-electron chi connectivity index (χ4n) is 0. The lowest BCUT2D eigenvalue weighted by Crippen LogP contribution is -1.54. The lowest BCUT2D eigenvalue weighted by Gasteiger charge is -1.66. The summed E-state index contributed by atoms with van der Waals surface area (Å²) in [5, 5.41) is 1.13. The van der Waals surface area contributed by atoms with Gasteiger partial charge in [0.05, 0.1) is 0 Å². The Morgan fingerprint density at radius 1 is 1.62 bits per heavy atom. The third-order valence-electron chi connectivity index (χ3n) is 0.189. The first kappa shape index (κ1) is 11.4. The SMILES string of the molecule is CCCBr.O=[PH](O)O. The summed E-state index contributed by atoms with van der Waals surface area (Å²) in [4.78, 5) is 14.3. The molecule has 0 radical (unpaired) electrons. The number of halogens is 1. The quantitative estimate of drug-likeness (QED) is 0.498. The lowest BCUT2D eigenvalue weighted by atomic mass is 10.6. The van der Waals surface area contributed by atoms with Gasteiger partial charge >= 0.3 is 8.25 Å². The Bertz CT molecular complexity index is 52.5. The molecule has 0 aromatic rings. The average Bonchev–Trinajstić information content (AvgIpc) is 1.65. The molecule has 2 N–H and O–H groups in total. The molecule has 0 rings (SSSR count). The molecular weight excluding hydrogens is 195 g/mol. The Labute approximate surface area is 57.8 Å². The molecule has 0 aromatic heterocycles. The van der Waals surface area contributed by atoms with E-state index in [0.717, 1.165) is 5.33 Å². The van der Waals surface area contributed by atoms with E-state index in [9.17, 15) is 0 Å². The van der Waals surface area contributed by atoms with Gasteiger partial charge in [0.1, 0.15) is 0 Å². The van der Waals surface area contributed by atoms with Crippen LogP contribution in [0.15, 0.2) is 0 Å². The largest absolute Gasteiger partial charge is 0.326 e. The van der Waals surface area contributed by atoms with Gasteiger partial charge in [-0.1, -0.05) is 22.9 Å². The minimum absolute atomic E-state index is 1.13. The maximum atomic E-state index is 8.74. The highest BCUT2D eigenvalue weighted by Crippen LogP contribution is 1.98. The van der Waals surface area contributed by atoms with Crippen LogP contribution in [0.1, 0.15) is 13.3 Å². The Kier molecular flexibility index (Phi) is 15.1. The van der Waals surface area contributed by atoms with Crippen molar-refractivity contribution >= 4 is 24.2 Å². The predicted molar refractivity (Wildman–Crippen MR) is 37.5 cm³/mol.